The number of hydrogen-bond donors (Lipinski definition) is 1. The van der Waals surface area contributed by atoms with Gasteiger partial charge in [0.2, 0.25) is 0 Å². The molecule has 3 heterocycles. The molecule has 0 saturated heterocycles. The summed E-state index contributed by atoms with van der Waals surface area (Å²) in [6.45, 7) is 3.19. The zero-order valence-corrected chi connectivity index (χ0v) is 14.4. The van der Waals surface area contributed by atoms with Crippen LogP contribution >= 0.6 is 0 Å². The molecule has 1 unspecified atom stereocenters. The normalized spacial score (nSPS) is 12.6. The minimum Gasteiger partial charge on any atom is -0.480 e. The zero-order valence-electron chi connectivity index (χ0n) is 14.4. The van der Waals surface area contributed by atoms with Crippen LogP contribution < -0.4 is 5.56 Å². The summed E-state index contributed by atoms with van der Waals surface area (Å²) in [4.78, 5) is 23.8. The summed E-state index contributed by atoms with van der Waals surface area (Å²) in [7, 11) is 0. The topological polar surface area (TPSA) is 102 Å². The SMILES string of the molecule is Cc1nn2c(nnc3c(=O)n(C(C)C(=O)O)ccc32)c1-c1ccc(F)cc1. The number of halogens is 1. The Balaban J connectivity index is 1.99. The molecule has 0 saturated carbocycles. The van der Waals surface area contributed by atoms with E-state index in [0.29, 0.717) is 22.4 Å². The predicted octanol–water partition coefficient (Wildman–Crippen LogP) is 2.20. The second kappa shape index (κ2) is 5.97. The van der Waals surface area contributed by atoms with Crippen molar-refractivity contribution in [1.82, 2.24) is 24.4 Å². The molecular weight excluding hydrogens is 353 g/mol. The van der Waals surface area contributed by atoms with Gasteiger partial charge in [-0.25, -0.2) is 13.7 Å². The molecule has 0 aliphatic carbocycles. The van der Waals surface area contributed by atoms with Crippen LogP contribution in [0.3, 0.4) is 0 Å². The van der Waals surface area contributed by atoms with E-state index in [9.17, 15) is 14.0 Å². The third-order valence-electron chi connectivity index (χ3n) is 4.49. The Bertz CT molecular complexity index is 1260. The summed E-state index contributed by atoms with van der Waals surface area (Å²) < 4.78 is 15.8. The van der Waals surface area contributed by atoms with Crippen molar-refractivity contribution in [3.05, 3.63) is 58.4 Å². The van der Waals surface area contributed by atoms with Gasteiger partial charge < -0.3 is 5.11 Å². The van der Waals surface area contributed by atoms with Gasteiger partial charge in [-0.15, -0.1) is 10.2 Å². The first-order valence-corrected chi connectivity index (χ1v) is 8.14. The number of benzene rings is 1. The number of aryl methyl sites for hydroxylation is 1. The van der Waals surface area contributed by atoms with Gasteiger partial charge in [0.1, 0.15) is 17.4 Å². The van der Waals surface area contributed by atoms with Crippen molar-refractivity contribution in [2.45, 2.75) is 19.9 Å². The summed E-state index contributed by atoms with van der Waals surface area (Å²) >= 11 is 0. The molecule has 0 amide bonds. The summed E-state index contributed by atoms with van der Waals surface area (Å²) in [5, 5.41) is 21.7. The molecule has 4 rings (SSSR count). The number of fused-ring (bicyclic) bond motifs is 3. The first-order chi connectivity index (χ1) is 12.9. The van der Waals surface area contributed by atoms with E-state index in [2.05, 4.69) is 15.3 Å². The third-order valence-corrected chi connectivity index (χ3v) is 4.49. The fourth-order valence-electron chi connectivity index (χ4n) is 3.05. The van der Waals surface area contributed by atoms with Crippen LogP contribution in [0.5, 0.6) is 0 Å². The molecule has 1 N–H and O–H groups in total. The molecule has 0 fully saturated rings. The number of pyridine rings is 1. The van der Waals surface area contributed by atoms with Crippen molar-refractivity contribution in [1.29, 1.82) is 0 Å². The van der Waals surface area contributed by atoms with Crippen molar-refractivity contribution >= 4 is 22.6 Å². The van der Waals surface area contributed by atoms with Crippen LogP contribution in [0.25, 0.3) is 27.8 Å². The monoisotopic (exact) mass is 367 g/mol. The molecule has 3 aromatic heterocycles. The first kappa shape index (κ1) is 16.8. The molecule has 0 spiro atoms. The second-order valence-corrected chi connectivity index (χ2v) is 6.18. The molecule has 0 aliphatic heterocycles. The fourth-order valence-corrected chi connectivity index (χ4v) is 3.05. The van der Waals surface area contributed by atoms with Crippen LogP contribution in [0.2, 0.25) is 0 Å². The highest BCUT2D eigenvalue weighted by atomic mass is 19.1. The molecule has 9 heteroatoms. The molecule has 4 aromatic rings. The maximum absolute atomic E-state index is 13.2. The van der Waals surface area contributed by atoms with E-state index in [1.54, 1.807) is 25.1 Å². The average Bonchev–Trinajstić information content (AvgIpc) is 2.98. The van der Waals surface area contributed by atoms with E-state index < -0.39 is 17.6 Å². The lowest BCUT2D eigenvalue weighted by atomic mass is 10.1. The van der Waals surface area contributed by atoms with Crippen molar-refractivity contribution in [3.8, 4) is 11.1 Å². The lowest BCUT2D eigenvalue weighted by molar-refractivity contribution is -0.140. The quantitative estimate of drug-likeness (QED) is 0.595. The summed E-state index contributed by atoms with van der Waals surface area (Å²) in [6, 6.07) is 6.49. The Kier molecular flexibility index (Phi) is 3.72. The molecule has 136 valence electrons. The van der Waals surface area contributed by atoms with Gasteiger partial charge in [0.25, 0.3) is 5.56 Å². The summed E-state index contributed by atoms with van der Waals surface area (Å²) in [6.07, 6.45) is 1.40. The highest BCUT2D eigenvalue weighted by Gasteiger charge is 2.20. The number of hydrogen-bond acceptors (Lipinski definition) is 5. The van der Waals surface area contributed by atoms with Crippen LogP contribution in [-0.4, -0.2) is 35.5 Å². The summed E-state index contributed by atoms with van der Waals surface area (Å²) in [5.74, 6) is -1.48. The Hall–Kier alpha value is -3.62. The van der Waals surface area contributed by atoms with Gasteiger partial charge in [0, 0.05) is 6.20 Å². The lowest BCUT2D eigenvalue weighted by Gasteiger charge is -2.11. The maximum Gasteiger partial charge on any atom is 0.326 e. The molecule has 27 heavy (non-hydrogen) atoms. The Morgan fingerprint density at radius 2 is 1.89 bits per heavy atom. The largest absolute Gasteiger partial charge is 0.480 e. The Labute approximate surface area is 151 Å². The molecule has 8 nitrogen and oxygen atoms in total. The molecule has 0 bridgehead atoms. The molecule has 1 aromatic carbocycles. The number of nitrogens with zero attached hydrogens (tertiary/aromatic N) is 5. The molecule has 1 atom stereocenters. The van der Waals surface area contributed by atoms with Crippen molar-refractivity contribution < 1.29 is 14.3 Å². The van der Waals surface area contributed by atoms with E-state index in [1.807, 2.05) is 0 Å². The number of carboxylic acid groups (broad SMARTS) is 1. The number of carboxylic acids is 1. The second-order valence-electron chi connectivity index (χ2n) is 6.18. The highest BCUT2D eigenvalue weighted by Crippen LogP contribution is 2.28. The average molecular weight is 367 g/mol. The van der Waals surface area contributed by atoms with Crippen molar-refractivity contribution in [3.63, 3.8) is 0 Å². The van der Waals surface area contributed by atoms with Gasteiger partial charge in [0.05, 0.1) is 11.3 Å². The van der Waals surface area contributed by atoms with Gasteiger partial charge in [-0.05, 0) is 37.6 Å². The number of aliphatic carboxylic acids is 1. The predicted molar refractivity (Wildman–Crippen MR) is 95.0 cm³/mol. The minimum atomic E-state index is -1.13. The molecule has 0 radical (unpaired) electrons. The molecule has 0 aliphatic rings. The van der Waals surface area contributed by atoms with Crippen LogP contribution in [-0.2, 0) is 4.79 Å². The van der Waals surface area contributed by atoms with Gasteiger partial charge in [0.15, 0.2) is 11.2 Å². The van der Waals surface area contributed by atoms with Crippen molar-refractivity contribution in [2.24, 2.45) is 0 Å². The van der Waals surface area contributed by atoms with Crippen LogP contribution in [0.4, 0.5) is 4.39 Å². The number of carbonyl (C=O) groups is 1. The Morgan fingerprint density at radius 3 is 2.56 bits per heavy atom. The van der Waals surface area contributed by atoms with Crippen molar-refractivity contribution in [2.75, 3.05) is 0 Å². The number of aromatic nitrogens is 5. The smallest absolute Gasteiger partial charge is 0.326 e. The first-order valence-electron chi connectivity index (χ1n) is 8.14. The van der Waals surface area contributed by atoms with Gasteiger partial charge in [-0.1, -0.05) is 12.1 Å². The minimum absolute atomic E-state index is 0.0197. The zero-order chi connectivity index (χ0) is 19.3. The van der Waals surface area contributed by atoms with Gasteiger partial charge >= 0.3 is 5.97 Å². The summed E-state index contributed by atoms with van der Waals surface area (Å²) in [5.41, 5.74) is 2.36. The standard InChI is InChI=1S/C18H14FN5O3/c1-9-14(11-3-5-12(19)6-4-11)16-21-20-15-13(24(16)22-9)7-8-23(17(15)25)10(2)18(26)27/h3-8,10H,1-2H3,(H,26,27). The van der Waals surface area contributed by atoms with Crippen LogP contribution in [0, 0.1) is 12.7 Å². The van der Waals surface area contributed by atoms with Crippen LogP contribution in [0.15, 0.2) is 41.3 Å². The van der Waals surface area contributed by atoms with E-state index in [0.717, 1.165) is 10.1 Å². The van der Waals surface area contributed by atoms with E-state index >= 15 is 0 Å². The van der Waals surface area contributed by atoms with Gasteiger partial charge in [-0.3, -0.25) is 9.36 Å². The number of rotatable bonds is 3. The van der Waals surface area contributed by atoms with Crippen LogP contribution in [0.1, 0.15) is 18.7 Å². The third kappa shape index (κ3) is 2.55. The maximum atomic E-state index is 13.2. The van der Waals surface area contributed by atoms with E-state index in [4.69, 9.17) is 5.11 Å². The van der Waals surface area contributed by atoms with E-state index in [-0.39, 0.29) is 11.3 Å². The molecular formula is C18H14FN5O3. The van der Waals surface area contributed by atoms with E-state index in [1.165, 1.54) is 29.8 Å². The fraction of sp³-hybridized carbons (Fsp3) is 0.167. The van der Waals surface area contributed by atoms with Gasteiger partial charge in [-0.2, -0.15) is 5.10 Å². The Morgan fingerprint density at radius 1 is 1.19 bits per heavy atom. The highest BCUT2D eigenvalue weighted by molar-refractivity contribution is 5.84. The lowest BCUT2D eigenvalue weighted by Crippen LogP contribution is -2.28.